The zero-order valence-corrected chi connectivity index (χ0v) is 17.2. The van der Waals surface area contributed by atoms with E-state index >= 15 is 0 Å². The Morgan fingerprint density at radius 2 is 1.97 bits per heavy atom. The van der Waals surface area contributed by atoms with E-state index in [0.29, 0.717) is 25.7 Å². The fourth-order valence-corrected chi connectivity index (χ4v) is 4.10. The zero-order valence-electron chi connectivity index (χ0n) is 17.2. The molecule has 33 heavy (non-hydrogen) atoms. The highest BCUT2D eigenvalue weighted by Crippen LogP contribution is 2.41. The average molecular weight is 468 g/mol. The third-order valence-electron chi connectivity index (χ3n) is 5.73. The topological polar surface area (TPSA) is 107 Å². The van der Waals surface area contributed by atoms with Gasteiger partial charge in [0.2, 0.25) is 11.9 Å². The van der Waals surface area contributed by atoms with E-state index in [1.54, 1.807) is 0 Å². The molecule has 1 aromatic heterocycles. The standard InChI is InChI=1S/C21H20F4N4O4/c22-16-2-1-3-17(28-16)29-11-20(33-19(29)31)8-6-12(7-9-20)18(30)27-15-5-4-13(10-14(15)26)32-21(23,24)25/h1-5,10,12H,6-9,11,26H2,(H,27,30). The number of amides is 2. The minimum Gasteiger partial charge on any atom is -0.441 e. The van der Waals surface area contributed by atoms with Crippen LogP contribution in [0.25, 0.3) is 0 Å². The van der Waals surface area contributed by atoms with Crippen molar-refractivity contribution in [1.82, 2.24) is 4.98 Å². The molecule has 2 amide bonds. The number of carbonyl (C=O) groups is 2. The molecular weight excluding hydrogens is 448 g/mol. The number of hydrogen-bond donors (Lipinski definition) is 2. The van der Waals surface area contributed by atoms with Crippen LogP contribution < -0.4 is 20.7 Å². The van der Waals surface area contributed by atoms with E-state index in [1.807, 2.05) is 0 Å². The molecule has 1 saturated carbocycles. The maximum atomic E-state index is 13.4. The van der Waals surface area contributed by atoms with Crippen LogP contribution in [0.15, 0.2) is 36.4 Å². The summed E-state index contributed by atoms with van der Waals surface area (Å²) < 4.78 is 59.8. The molecule has 0 bridgehead atoms. The lowest BCUT2D eigenvalue weighted by molar-refractivity contribution is -0.274. The van der Waals surface area contributed by atoms with E-state index in [-0.39, 0.29) is 29.6 Å². The third kappa shape index (κ3) is 5.10. The second-order valence-corrected chi connectivity index (χ2v) is 8.02. The van der Waals surface area contributed by atoms with Gasteiger partial charge in [0.05, 0.1) is 17.9 Å². The molecule has 0 unspecified atom stereocenters. The number of nitrogen functional groups attached to an aromatic ring is 1. The predicted octanol–water partition coefficient (Wildman–Crippen LogP) is 4.23. The molecular formula is C21H20F4N4O4. The molecule has 2 aromatic rings. The number of nitrogens with one attached hydrogen (secondary N) is 1. The maximum Gasteiger partial charge on any atom is 0.573 e. The van der Waals surface area contributed by atoms with Crippen molar-refractivity contribution < 1.29 is 36.6 Å². The average Bonchev–Trinajstić information content (AvgIpc) is 3.05. The summed E-state index contributed by atoms with van der Waals surface area (Å²) in [4.78, 5) is 30.0. The van der Waals surface area contributed by atoms with E-state index in [4.69, 9.17) is 10.5 Å². The van der Waals surface area contributed by atoms with E-state index in [1.165, 1.54) is 29.2 Å². The zero-order chi connectivity index (χ0) is 23.8. The summed E-state index contributed by atoms with van der Waals surface area (Å²) >= 11 is 0. The number of alkyl halides is 3. The lowest BCUT2D eigenvalue weighted by Crippen LogP contribution is -2.41. The van der Waals surface area contributed by atoms with Gasteiger partial charge in [0.15, 0.2) is 0 Å². The summed E-state index contributed by atoms with van der Waals surface area (Å²) in [5.41, 5.74) is 5.06. The van der Waals surface area contributed by atoms with Crippen molar-refractivity contribution in [3.8, 4) is 5.75 Å². The molecule has 0 radical (unpaired) electrons. The molecule has 4 rings (SSSR count). The summed E-state index contributed by atoms with van der Waals surface area (Å²) in [6, 6.07) is 7.41. The quantitative estimate of drug-likeness (QED) is 0.395. The Morgan fingerprint density at radius 3 is 2.61 bits per heavy atom. The van der Waals surface area contributed by atoms with Crippen molar-refractivity contribution in [2.75, 3.05) is 22.5 Å². The number of benzene rings is 1. The Kier molecular flexibility index (Phi) is 5.76. The third-order valence-corrected chi connectivity index (χ3v) is 5.73. The molecule has 2 heterocycles. The summed E-state index contributed by atoms with van der Waals surface area (Å²) in [5, 5.41) is 2.63. The number of pyridine rings is 1. The number of nitrogens with zero attached hydrogens (tertiary/aromatic N) is 2. The number of hydrogen-bond acceptors (Lipinski definition) is 6. The van der Waals surface area contributed by atoms with Gasteiger partial charge in [0.1, 0.15) is 17.2 Å². The number of anilines is 3. The molecule has 1 aliphatic carbocycles. The summed E-state index contributed by atoms with van der Waals surface area (Å²) in [6.07, 6.45) is -3.81. The smallest absolute Gasteiger partial charge is 0.441 e. The minimum absolute atomic E-state index is 0.0691. The minimum atomic E-state index is -4.85. The fourth-order valence-electron chi connectivity index (χ4n) is 4.10. The fraction of sp³-hybridized carbons (Fsp3) is 0.381. The highest BCUT2D eigenvalue weighted by atomic mass is 19.4. The molecule has 2 aliphatic rings. The van der Waals surface area contributed by atoms with Crippen LogP contribution in [0.4, 0.5) is 39.5 Å². The van der Waals surface area contributed by atoms with Crippen molar-refractivity contribution in [3.05, 3.63) is 42.3 Å². The molecule has 1 saturated heterocycles. The van der Waals surface area contributed by atoms with Crippen molar-refractivity contribution in [3.63, 3.8) is 0 Å². The molecule has 176 valence electrons. The largest absolute Gasteiger partial charge is 0.573 e. The highest BCUT2D eigenvalue weighted by molar-refractivity contribution is 5.95. The molecule has 8 nitrogen and oxygen atoms in total. The van der Waals surface area contributed by atoms with E-state index in [2.05, 4.69) is 15.0 Å². The number of rotatable bonds is 4. The van der Waals surface area contributed by atoms with E-state index in [0.717, 1.165) is 12.1 Å². The monoisotopic (exact) mass is 468 g/mol. The number of ether oxygens (including phenoxy) is 2. The number of carbonyl (C=O) groups excluding carboxylic acids is 2. The van der Waals surface area contributed by atoms with Gasteiger partial charge in [0.25, 0.3) is 0 Å². The number of nitrogens with two attached hydrogens (primary N) is 1. The molecule has 2 fully saturated rings. The van der Waals surface area contributed by atoms with E-state index < -0.39 is 35.7 Å². The molecule has 0 atom stereocenters. The van der Waals surface area contributed by atoms with Gasteiger partial charge in [-0.15, -0.1) is 13.2 Å². The van der Waals surface area contributed by atoms with Gasteiger partial charge in [-0.2, -0.15) is 4.39 Å². The SMILES string of the molecule is Nc1cc(OC(F)(F)F)ccc1NC(=O)C1CCC2(CC1)CN(c1cccc(F)n1)C(=O)O2. The highest BCUT2D eigenvalue weighted by Gasteiger charge is 2.49. The van der Waals surface area contributed by atoms with Crippen LogP contribution in [0.1, 0.15) is 25.7 Å². The van der Waals surface area contributed by atoms with Gasteiger partial charge in [-0.05, 0) is 49.9 Å². The van der Waals surface area contributed by atoms with Gasteiger partial charge < -0.3 is 20.5 Å². The maximum absolute atomic E-state index is 13.4. The Balaban J connectivity index is 1.35. The van der Waals surface area contributed by atoms with Crippen molar-refractivity contribution in [1.29, 1.82) is 0 Å². The second-order valence-electron chi connectivity index (χ2n) is 8.02. The van der Waals surface area contributed by atoms with Gasteiger partial charge in [-0.3, -0.25) is 9.69 Å². The summed E-state index contributed by atoms with van der Waals surface area (Å²) in [6.45, 7) is 0.199. The van der Waals surface area contributed by atoms with Crippen LogP contribution in [-0.4, -0.2) is 35.5 Å². The molecule has 1 spiro atoms. The van der Waals surface area contributed by atoms with E-state index in [9.17, 15) is 27.2 Å². The Bertz CT molecular complexity index is 1070. The van der Waals surface area contributed by atoms with Crippen LogP contribution >= 0.6 is 0 Å². The first-order valence-corrected chi connectivity index (χ1v) is 10.1. The Hall–Kier alpha value is -3.57. The van der Waals surface area contributed by atoms with Crippen molar-refractivity contribution in [2.45, 2.75) is 37.6 Å². The predicted molar refractivity (Wildman–Crippen MR) is 109 cm³/mol. The van der Waals surface area contributed by atoms with Crippen LogP contribution in [0.5, 0.6) is 5.75 Å². The number of aromatic nitrogens is 1. The van der Waals surface area contributed by atoms with Crippen LogP contribution in [-0.2, 0) is 9.53 Å². The van der Waals surface area contributed by atoms with Gasteiger partial charge >= 0.3 is 12.5 Å². The summed E-state index contributed by atoms with van der Waals surface area (Å²) in [7, 11) is 0. The first-order chi connectivity index (χ1) is 15.5. The normalized spacial score (nSPS) is 22.8. The van der Waals surface area contributed by atoms with Gasteiger partial charge in [-0.25, -0.2) is 9.78 Å². The molecule has 1 aliphatic heterocycles. The first-order valence-electron chi connectivity index (χ1n) is 10.1. The first kappa shape index (κ1) is 22.6. The van der Waals surface area contributed by atoms with Crippen LogP contribution in [0.2, 0.25) is 0 Å². The van der Waals surface area contributed by atoms with Crippen molar-refractivity contribution in [2.24, 2.45) is 5.92 Å². The Labute approximate surface area is 185 Å². The number of halogens is 4. The molecule has 3 N–H and O–H groups in total. The second kappa shape index (κ2) is 8.41. The van der Waals surface area contributed by atoms with Crippen LogP contribution in [0, 0.1) is 11.9 Å². The molecule has 1 aromatic carbocycles. The lowest BCUT2D eigenvalue weighted by atomic mass is 9.78. The lowest BCUT2D eigenvalue weighted by Gasteiger charge is -2.34. The molecule has 12 heteroatoms. The Morgan fingerprint density at radius 1 is 1.24 bits per heavy atom. The van der Waals surface area contributed by atoms with Crippen molar-refractivity contribution >= 4 is 29.2 Å². The van der Waals surface area contributed by atoms with Gasteiger partial charge in [-0.1, -0.05) is 6.07 Å². The van der Waals surface area contributed by atoms with Gasteiger partial charge in [0, 0.05) is 12.0 Å². The van der Waals surface area contributed by atoms with Crippen LogP contribution in [0.3, 0.4) is 0 Å². The summed E-state index contributed by atoms with van der Waals surface area (Å²) in [5.74, 6) is -1.78.